The minimum atomic E-state index is -0.979. The molecule has 210 valence electrons. The number of carbonyl (C=O) groups is 2. The molecule has 3 atom stereocenters. The molecular formula is C32H42N2O5. The largest absolute Gasteiger partial charge is 0.438 e. The number of piperidine rings is 1. The van der Waals surface area contributed by atoms with Gasteiger partial charge in [-0.2, -0.15) is 0 Å². The van der Waals surface area contributed by atoms with Gasteiger partial charge in [0.05, 0.1) is 11.6 Å². The summed E-state index contributed by atoms with van der Waals surface area (Å²) in [5, 5.41) is 10.6. The molecule has 3 aliphatic heterocycles. The molecule has 7 heteroatoms. The highest BCUT2D eigenvalue weighted by atomic mass is 16.6. The van der Waals surface area contributed by atoms with Crippen LogP contribution in [0.3, 0.4) is 0 Å². The summed E-state index contributed by atoms with van der Waals surface area (Å²) in [6.07, 6.45) is 4.08. The lowest BCUT2D eigenvalue weighted by Crippen LogP contribution is -2.51. The van der Waals surface area contributed by atoms with E-state index < -0.39 is 11.2 Å². The van der Waals surface area contributed by atoms with E-state index >= 15 is 0 Å². The van der Waals surface area contributed by atoms with Gasteiger partial charge < -0.3 is 24.4 Å². The van der Waals surface area contributed by atoms with Crippen LogP contribution >= 0.6 is 0 Å². The van der Waals surface area contributed by atoms with E-state index in [0.29, 0.717) is 31.9 Å². The molecule has 3 heterocycles. The van der Waals surface area contributed by atoms with Gasteiger partial charge in [0.15, 0.2) is 0 Å². The Balaban J connectivity index is 1.21. The van der Waals surface area contributed by atoms with Gasteiger partial charge in [-0.25, -0.2) is 4.79 Å². The van der Waals surface area contributed by atoms with Gasteiger partial charge in [-0.3, -0.25) is 4.79 Å². The molecule has 3 fully saturated rings. The maximum Gasteiger partial charge on any atom is 0.411 e. The highest BCUT2D eigenvalue weighted by molar-refractivity contribution is 5.81. The molecule has 2 amide bonds. The standard InChI is InChI=1S/C32H42N2O5/c1-23(34-20-17-32(39-30(34)36,22-31(2,3)37)27-8-5-4-6-9-27)24-11-13-25(14-12-24)26-15-18-33(19-16-26)29(35)28-10-7-21-38-28/h4-6,8-9,11-14,23,26,28,37H,7,10,15-22H2,1-3H3/t23-,28-,32?/m0/s1. The van der Waals surface area contributed by atoms with Crippen LogP contribution in [0.25, 0.3) is 0 Å². The predicted octanol–water partition coefficient (Wildman–Crippen LogP) is 5.53. The number of likely N-dealkylation sites (tertiary alicyclic amines) is 1. The van der Waals surface area contributed by atoms with Gasteiger partial charge in [-0.1, -0.05) is 54.6 Å². The van der Waals surface area contributed by atoms with Crippen LogP contribution in [0.5, 0.6) is 0 Å². The monoisotopic (exact) mass is 534 g/mol. The number of hydrogen-bond acceptors (Lipinski definition) is 5. The Morgan fingerprint density at radius 1 is 1.05 bits per heavy atom. The summed E-state index contributed by atoms with van der Waals surface area (Å²) >= 11 is 0. The van der Waals surface area contributed by atoms with Crippen molar-refractivity contribution in [2.75, 3.05) is 26.2 Å². The number of aliphatic hydroxyl groups is 1. The molecule has 0 aromatic heterocycles. The van der Waals surface area contributed by atoms with E-state index in [1.54, 1.807) is 18.7 Å². The zero-order valence-electron chi connectivity index (χ0n) is 23.5. The van der Waals surface area contributed by atoms with Crippen molar-refractivity contribution in [3.63, 3.8) is 0 Å². The van der Waals surface area contributed by atoms with Gasteiger partial charge in [0.1, 0.15) is 11.7 Å². The van der Waals surface area contributed by atoms with Gasteiger partial charge in [-0.15, -0.1) is 0 Å². The first-order chi connectivity index (χ1) is 18.7. The average Bonchev–Trinajstić information content (AvgIpc) is 3.47. The molecule has 0 spiro atoms. The molecule has 1 unspecified atom stereocenters. The van der Waals surface area contributed by atoms with Crippen LogP contribution in [0.1, 0.15) is 87.9 Å². The Labute approximate surface area is 232 Å². The number of carbonyl (C=O) groups excluding carboxylic acids is 2. The van der Waals surface area contributed by atoms with Gasteiger partial charge in [0.25, 0.3) is 5.91 Å². The summed E-state index contributed by atoms with van der Waals surface area (Å²) < 4.78 is 11.8. The fourth-order valence-corrected chi connectivity index (χ4v) is 6.53. The third-order valence-electron chi connectivity index (χ3n) is 8.66. The Bertz CT molecular complexity index is 1130. The van der Waals surface area contributed by atoms with Crippen molar-refractivity contribution in [2.45, 2.75) is 88.6 Å². The highest BCUT2D eigenvalue weighted by Crippen LogP contribution is 2.42. The molecule has 7 nitrogen and oxygen atoms in total. The van der Waals surface area contributed by atoms with E-state index in [0.717, 1.165) is 49.9 Å². The first-order valence-electron chi connectivity index (χ1n) is 14.4. The summed E-state index contributed by atoms with van der Waals surface area (Å²) in [6, 6.07) is 18.2. The van der Waals surface area contributed by atoms with Crippen LogP contribution in [-0.2, 0) is 19.9 Å². The number of nitrogens with zero attached hydrogens (tertiary/aromatic N) is 2. The SMILES string of the molecule is C[C@@H](c1ccc(C2CCN(C(=O)[C@@H]3CCCO3)CC2)cc1)N1CCC(CC(C)(C)O)(c2ccccc2)OC1=O. The zero-order valence-corrected chi connectivity index (χ0v) is 23.5. The topological polar surface area (TPSA) is 79.3 Å². The minimum Gasteiger partial charge on any atom is -0.438 e. The van der Waals surface area contributed by atoms with Crippen LogP contribution in [0.2, 0.25) is 0 Å². The van der Waals surface area contributed by atoms with Crippen molar-refractivity contribution in [3.05, 3.63) is 71.3 Å². The second-order valence-electron chi connectivity index (χ2n) is 12.1. The van der Waals surface area contributed by atoms with Crippen molar-refractivity contribution >= 4 is 12.0 Å². The maximum atomic E-state index is 13.4. The molecule has 2 aromatic carbocycles. The fourth-order valence-electron chi connectivity index (χ4n) is 6.53. The van der Waals surface area contributed by atoms with Crippen molar-refractivity contribution < 1.29 is 24.2 Å². The lowest BCUT2D eigenvalue weighted by atomic mass is 9.80. The van der Waals surface area contributed by atoms with Crippen molar-refractivity contribution in [1.82, 2.24) is 9.80 Å². The summed E-state index contributed by atoms with van der Waals surface area (Å²) in [6.45, 7) is 8.34. The van der Waals surface area contributed by atoms with Crippen molar-refractivity contribution in [2.24, 2.45) is 0 Å². The third-order valence-corrected chi connectivity index (χ3v) is 8.66. The Kier molecular flexibility index (Phi) is 8.01. The molecule has 39 heavy (non-hydrogen) atoms. The van der Waals surface area contributed by atoms with Gasteiger partial charge in [-0.05, 0) is 69.1 Å². The number of benzene rings is 2. The molecule has 0 aliphatic carbocycles. The van der Waals surface area contributed by atoms with E-state index in [4.69, 9.17) is 9.47 Å². The Morgan fingerprint density at radius 3 is 2.33 bits per heavy atom. The minimum absolute atomic E-state index is 0.131. The van der Waals surface area contributed by atoms with Crippen LogP contribution in [0.4, 0.5) is 4.79 Å². The van der Waals surface area contributed by atoms with E-state index in [9.17, 15) is 14.7 Å². The van der Waals surface area contributed by atoms with Crippen LogP contribution in [0.15, 0.2) is 54.6 Å². The number of ether oxygens (including phenoxy) is 2. The van der Waals surface area contributed by atoms with Crippen LogP contribution in [0, 0.1) is 0 Å². The molecule has 0 radical (unpaired) electrons. The van der Waals surface area contributed by atoms with Gasteiger partial charge in [0, 0.05) is 39.1 Å². The first kappa shape index (κ1) is 27.7. The zero-order chi connectivity index (χ0) is 27.6. The quantitative estimate of drug-likeness (QED) is 0.505. The lowest BCUT2D eigenvalue weighted by Gasteiger charge is -2.45. The summed E-state index contributed by atoms with van der Waals surface area (Å²) in [5.41, 5.74) is 1.44. The molecule has 3 aliphatic rings. The van der Waals surface area contributed by atoms with E-state index in [2.05, 4.69) is 24.3 Å². The Morgan fingerprint density at radius 2 is 1.74 bits per heavy atom. The van der Waals surface area contributed by atoms with Crippen LogP contribution < -0.4 is 0 Å². The van der Waals surface area contributed by atoms with E-state index in [1.807, 2.05) is 42.2 Å². The van der Waals surface area contributed by atoms with Crippen molar-refractivity contribution in [1.29, 1.82) is 0 Å². The normalized spacial score (nSPS) is 25.4. The second-order valence-corrected chi connectivity index (χ2v) is 12.1. The molecule has 0 bridgehead atoms. The average molecular weight is 535 g/mol. The maximum absolute atomic E-state index is 13.4. The lowest BCUT2D eigenvalue weighted by molar-refractivity contribution is -0.142. The van der Waals surface area contributed by atoms with Crippen molar-refractivity contribution in [3.8, 4) is 0 Å². The molecule has 1 N–H and O–H groups in total. The molecule has 3 saturated heterocycles. The predicted molar refractivity (Wildman–Crippen MR) is 149 cm³/mol. The number of amides is 2. The van der Waals surface area contributed by atoms with Gasteiger partial charge >= 0.3 is 6.09 Å². The number of rotatable bonds is 7. The smallest absolute Gasteiger partial charge is 0.411 e. The van der Waals surface area contributed by atoms with Crippen LogP contribution in [-0.4, -0.2) is 64.9 Å². The fraction of sp³-hybridized carbons (Fsp3) is 0.562. The Hall–Kier alpha value is -2.90. The summed E-state index contributed by atoms with van der Waals surface area (Å²) in [7, 11) is 0. The van der Waals surface area contributed by atoms with Gasteiger partial charge in [0.2, 0.25) is 0 Å². The molecule has 0 saturated carbocycles. The number of hydrogen-bond donors (Lipinski definition) is 1. The summed E-state index contributed by atoms with van der Waals surface area (Å²) in [4.78, 5) is 29.8. The first-order valence-corrected chi connectivity index (χ1v) is 14.4. The molecule has 2 aromatic rings. The third kappa shape index (κ3) is 6.15. The highest BCUT2D eigenvalue weighted by Gasteiger charge is 2.46. The van der Waals surface area contributed by atoms with E-state index in [1.165, 1.54) is 5.56 Å². The number of cyclic esters (lactones) is 1. The second kappa shape index (κ2) is 11.3. The van der Waals surface area contributed by atoms with E-state index in [-0.39, 0.29) is 24.1 Å². The molecule has 5 rings (SSSR count). The molecular weight excluding hydrogens is 492 g/mol. The summed E-state index contributed by atoms with van der Waals surface area (Å²) in [5.74, 6) is 0.582.